The standard InChI is InChI=1S/C52H53FN6O10/c1-6-52(67)37-14-41-46-35(22-58(41)49(64)36(37)23-68-50(52)65)45-39(10-9-32-25(4)38(53)15-40(54-46)44(32)45)55-51(66)69-26(5)47(62)59-30-12-31(59)21-56(20-30)17-27-7-8-28-18-57(19-29(28)11-27)48(63)34-13-33(24(2)3)42(60)16-43(34)61/h7-8,11,13-16,24,26,30-31,39,60-61,67H,6,9-10,12,17-23H2,1-5H3,(H,55,66)/t26-,30?,31?,39-,52-/m0/s1. The summed E-state index contributed by atoms with van der Waals surface area (Å²) in [6.45, 7) is 11.3. The number of carbonyl (C=O) groups excluding carboxylic acids is 4. The summed E-state index contributed by atoms with van der Waals surface area (Å²) >= 11 is 0. The van der Waals surface area contributed by atoms with Crippen molar-refractivity contribution in [3.05, 3.63) is 120 Å². The van der Waals surface area contributed by atoms with Gasteiger partial charge < -0.3 is 44.5 Å². The maximum atomic E-state index is 15.4. The number of aliphatic hydroxyl groups is 1. The molecule has 16 nitrogen and oxygen atoms in total. The fraction of sp³-hybridized carbons (Fsp3) is 0.423. The Balaban J connectivity index is 0.759. The monoisotopic (exact) mass is 940 g/mol. The predicted octanol–water partition coefficient (Wildman–Crippen LogP) is 5.81. The minimum Gasteiger partial charge on any atom is -0.508 e. The molecule has 0 spiro atoms. The molecule has 17 heteroatoms. The summed E-state index contributed by atoms with van der Waals surface area (Å²) in [5, 5.41) is 35.9. The van der Waals surface area contributed by atoms with Crippen LogP contribution in [-0.4, -0.2) is 94.7 Å². The van der Waals surface area contributed by atoms with Crippen molar-refractivity contribution in [1.29, 1.82) is 0 Å². The Labute approximate surface area is 396 Å². The number of carbonyl (C=O) groups is 4. The highest BCUT2D eigenvalue weighted by Gasteiger charge is 2.49. The van der Waals surface area contributed by atoms with Crippen molar-refractivity contribution < 1.29 is 48.4 Å². The molecule has 3 amide bonds. The molecule has 2 unspecified atom stereocenters. The molecule has 8 heterocycles. The van der Waals surface area contributed by atoms with E-state index >= 15 is 4.39 Å². The van der Waals surface area contributed by atoms with Crippen LogP contribution < -0.4 is 10.9 Å². The van der Waals surface area contributed by atoms with Crippen molar-refractivity contribution in [2.45, 2.75) is 129 Å². The van der Waals surface area contributed by atoms with E-state index < -0.39 is 41.2 Å². The molecule has 0 radical (unpaired) electrons. The molecule has 1 aliphatic carbocycles. The largest absolute Gasteiger partial charge is 0.508 e. The first-order valence-electron chi connectivity index (χ1n) is 23.7. The maximum absolute atomic E-state index is 15.4. The van der Waals surface area contributed by atoms with Gasteiger partial charge >= 0.3 is 12.1 Å². The third-order valence-electron chi connectivity index (χ3n) is 15.5. The zero-order valence-corrected chi connectivity index (χ0v) is 39.0. The fourth-order valence-electron chi connectivity index (χ4n) is 11.8. The summed E-state index contributed by atoms with van der Waals surface area (Å²) in [7, 11) is 0. The number of esters is 1. The van der Waals surface area contributed by atoms with Gasteiger partial charge in [0.15, 0.2) is 11.7 Å². The number of piperazine rings is 1. The van der Waals surface area contributed by atoms with Gasteiger partial charge in [-0.2, -0.15) is 0 Å². The molecule has 4 N–H and O–H groups in total. The van der Waals surface area contributed by atoms with E-state index in [0.29, 0.717) is 90.1 Å². The van der Waals surface area contributed by atoms with Gasteiger partial charge in [0.05, 0.1) is 40.6 Å². The van der Waals surface area contributed by atoms with Crippen molar-refractivity contribution in [2.75, 3.05) is 13.1 Å². The third kappa shape index (κ3) is 6.97. The summed E-state index contributed by atoms with van der Waals surface area (Å²) in [5.41, 5.74) is 5.42. The highest BCUT2D eigenvalue weighted by molar-refractivity contribution is 5.98. The van der Waals surface area contributed by atoms with E-state index in [1.54, 1.807) is 37.8 Å². The number of rotatable bonds is 8. The van der Waals surface area contributed by atoms with Crippen molar-refractivity contribution in [1.82, 2.24) is 29.6 Å². The number of amides is 3. The number of hydrogen-bond acceptors (Lipinski definition) is 12. The van der Waals surface area contributed by atoms with Crippen molar-refractivity contribution in [3.8, 4) is 22.9 Å². The van der Waals surface area contributed by atoms with Crippen LogP contribution in [0.3, 0.4) is 0 Å². The van der Waals surface area contributed by atoms with Gasteiger partial charge in [0.1, 0.15) is 23.9 Å². The van der Waals surface area contributed by atoms with Crippen LogP contribution in [-0.2, 0) is 63.9 Å². The fourth-order valence-corrected chi connectivity index (χ4v) is 11.8. The Bertz CT molecular complexity index is 3160. The van der Waals surface area contributed by atoms with Crippen molar-refractivity contribution in [2.24, 2.45) is 0 Å². The van der Waals surface area contributed by atoms with Crippen LogP contribution in [0.5, 0.6) is 11.5 Å². The number of piperidine rings is 1. The number of alkyl carbamates (subject to hydrolysis) is 1. The molecule has 2 aromatic heterocycles. The lowest BCUT2D eigenvalue weighted by Gasteiger charge is -2.56. The quantitative estimate of drug-likeness (QED) is 0.134. The number of aromatic hydroxyl groups is 2. The van der Waals surface area contributed by atoms with Gasteiger partial charge in [-0.25, -0.2) is 19.0 Å². The minimum absolute atomic E-state index is 0.0222. The van der Waals surface area contributed by atoms with E-state index in [1.165, 1.54) is 16.7 Å². The number of halogens is 1. The Morgan fingerprint density at radius 1 is 0.971 bits per heavy atom. The number of aromatic nitrogens is 2. The van der Waals surface area contributed by atoms with Crippen LogP contribution in [0.15, 0.2) is 47.3 Å². The Hall–Kier alpha value is -6.85. The summed E-state index contributed by atoms with van der Waals surface area (Å²) in [6, 6.07) is 11.2. The van der Waals surface area contributed by atoms with E-state index in [4.69, 9.17) is 14.5 Å². The van der Waals surface area contributed by atoms with Gasteiger partial charge in [-0.3, -0.25) is 19.3 Å². The first-order valence-corrected chi connectivity index (χ1v) is 23.7. The van der Waals surface area contributed by atoms with Gasteiger partial charge in [-0.1, -0.05) is 39.0 Å². The molecule has 5 aromatic rings. The van der Waals surface area contributed by atoms with Crippen LogP contribution in [0.1, 0.15) is 125 Å². The summed E-state index contributed by atoms with van der Waals surface area (Å²) in [4.78, 5) is 78.8. The maximum Gasteiger partial charge on any atom is 0.408 e. The molecule has 3 fully saturated rings. The lowest BCUT2D eigenvalue weighted by atomic mass is 9.81. The smallest absolute Gasteiger partial charge is 0.408 e. The Morgan fingerprint density at radius 3 is 2.46 bits per heavy atom. The van der Waals surface area contributed by atoms with Gasteiger partial charge in [0.25, 0.3) is 17.4 Å². The van der Waals surface area contributed by atoms with E-state index in [1.807, 2.05) is 24.8 Å². The van der Waals surface area contributed by atoms with Gasteiger partial charge in [0, 0.05) is 73.5 Å². The first kappa shape index (κ1) is 44.6. The molecule has 7 aliphatic rings. The average molecular weight is 941 g/mol. The van der Waals surface area contributed by atoms with Crippen molar-refractivity contribution in [3.63, 3.8) is 0 Å². The highest BCUT2D eigenvalue weighted by atomic mass is 19.1. The number of benzene rings is 3. The predicted molar refractivity (Wildman–Crippen MR) is 248 cm³/mol. The zero-order chi connectivity index (χ0) is 48.5. The van der Waals surface area contributed by atoms with Gasteiger partial charge in [-0.15, -0.1) is 0 Å². The van der Waals surface area contributed by atoms with Crippen LogP contribution in [0.25, 0.3) is 22.3 Å². The number of fused-ring (bicyclic) bond motifs is 8. The second-order valence-electron chi connectivity index (χ2n) is 19.9. The van der Waals surface area contributed by atoms with E-state index in [2.05, 4.69) is 22.3 Å². The first-order chi connectivity index (χ1) is 32.9. The van der Waals surface area contributed by atoms with Gasteiger partial charge in [-0.05, 0) is 96.5 Å². The van der Waals surface area contributed by atoms with E-state index in [9.17, 15) is 39.3 Å². The zero-order valence-electron chi connectivity index (χ0n) is 39.0. The number of phenols is 2. The minimum atomic E-state index is -2.02. The van der Waals surface area contributed by atoms with Crippen LogP contribution in [0, 0.1) is 12.7 Å². The molecule has 0 saturated carbocycles. The molecule has 358 valence electrons. The number of cyclic esters (lactones) is 1. The van der Waals surface area contributed by atoms with Crippen LogP contribution in [0.2, 0.25) is 0 Å². The number of pyridine rings is 2. The molecule has 3 saturated heterocycles. The summed E-state index contributed by atoms with van der Waals surface area (Å²) in [5.74, 6) is -2.19. The molecule has 5 atom stereocenters. The number of ether oxygens (including phenoxy) is 2. The van der Waals surface area contributed by atoms with E-state index in [-0.39, 0.29) is 77.6 Å². The van der Waals surface area contributed by atoms with Crippen molar-refractivity contribution >= 4 is 34.8 Å². The Kier molecular flexibility index (Phi) is 10.4. The van der Waals surface area contributed by atoms with Gasteiger partial charge in [0.2, 0.25) is 0 Å². The number of nitrogens with zero attached hydrogens (tertiary/aromatic N) is 5. The Morgan fingerprint density at radius 2 is 1.72 bits per heavy atom. The molecule has 3 aromatic carbocycles. The van der Waals surface area contributed by atoms with E-state index in [0.717, 1.165) is 28.7 Å². The molecule has 12 rings (SSSR count). The number of nitrogens with one attached hydrogen (secondary N) is 1. The highest BCUT2D eigenvalue weighted by Crippen LogP contribution is 2.46. The topological polar surface area (TPSA) is 204 Å². The molecular formula is C52H53FN6O10. The normalized spacial score (nSPS) is 22.4. The molecular weight excluding hydrogens is 888 g/mol. The summed E-state index contributed by atoms with van der Waals surface area (Å²) < 4.78 is 28.0. The molecule has 2 bridgehead atoms. The number of phenolic OH excluding ortho intramolecular Hbond substituents is 2. The van der Waals surface area contributed by atoms with Crippen LogP contribution in [0.4, 0.5) is 9.18 Å². The second-order valence-corrected chi connectivity index (χ2v) is 19.9. The summed E-state index contributed by atoms with van der Waals surface area (Å²) in [6.07, 6.45) is -0.248. The lowest BCUT2D eigenvalue weighted by Crippen LogP contribution is -2.71. The number of aryl methyl sites for hydroxylation is 1. The second kappa shape index (κ2) is 16.1. The number of hydrogen-bond donors (Lipinski definition) is 4. The van der Waals surface area contributed by atoms with Crippen LogP contribution >= 0.6 is 0 Å². The lowest BCUT2D eigenvalue weighted by molar-refractivity contribution is -0.172. The molecule has 6 aliphatic heterocycles. The average Bonchev–Trinajstić information content (AvgIpc) is 3.91. The SMILES string of the molecule is CC[C@@]1(O)C(=O)OCc2c1cc1n(c2=O)Cc2c-1nc1cc(F)c(C)c3c1c2[C@@H](NC(=O)O[C@@H](C)C(=O)N1C2CC1CN(Cc1ccc4c(c1)CN(C(=O)c1cc(C(C)C)c(O)cc1O)C4)C2)CC3. The molecule has 69 heavy (non-hydrogen) atoms. The third-order valence-corrected chi connectivity index (χ3v) is 15.5.